The second-order valence-corrected chi connectivity index (χ2v) is 9.13. The summed E-state index contributed by atoms with van der Waals surface area (Å²) in [7, 11) is 0. The van der Waals surface area contributed by atoms with E-state index in [0.717, 1.165) is 21.6 Å². The molecule has 0 radical (unpaired) electrons. The highest BCUT2D eigenvalue weighted by atomic mass is 16.6. The minimum absolute atomic E-state index is 0.229. The van der Waals surface area contributed by atoms with Crippen molar-refractivity contribution in [2.45, 2.75) is 58.8 Å². The Morgan fingerprint density at radius 2 is 1.66 bits per heavy atom. The summed E-state index contributed by atoms with van der Waals surface area (Å²) < 4.78 is 5.19. The monoisotopic (exact) mass is 479 g/mol. The van der Waals surface area contributed by atoms with E-state index >= 15 is 0 Å². The lowest BCUT2D eigenvalue weighted by Crippen LogP contribution is -2.53. The highest BCUT2D eigenvalue weighted by Gasteiger charge is 2.37. The van der Waals surface area contributed by atoms with E-state index in [1.165, 1.54) is 0 Å². The Morgan fingerprint density at radius 3 is 2.17 bits per heavy atom. The predicted molar refractivity (Wildman–Crippen MR) is 133 cm³/mol. The van der Waals surface area contributed by atoms with Crippen LogP contribution < -0.4 is 10.6 Å². The van der Waals surface area contributed by atoms with Gasteiger partial charge in [0.1, 0.15) is 17.7 Å². The number of nitrogens with zero attached hydrogens (tertiary/aromatic N) is 1. The minimum atomic E-state index is -1.41. The standard InChI is InChI=1S/C27H33N3O5/c1-7-30(25(33)21(17-31)29-26(34)35-27(4,5)6)23(22-18(2)12-11-13-19(22)3)24(32)28-16-20-14-9-8-10-15-20/h1,8-15,21,23,31H,16-17H2,2-6H3,(H,28,32)(H,29,34). The second kappa shape index (κ2) is 12.0. The van der Waals surface area contributed by atoms with Crippen LogP contribution in [0.2, 0.25) is 0 Å². The van der Waals surface area contributed by atoms with Gasteiger partial charge in [-0.05, 0) is 56.9 Å². The van der Waals surface area contributed by atoms with Crippen molar-refractivity contribution in [3.8, 4) is 12.5 Å². The smallest absolute Gasteiger partial charge is 0.408 e. The second-order valence-electron chi connectivity index (χ2n) is 9.13. The third-order valence-electron chi connectivity index (χ3n) is 5.18. The van der Waals surface area contributed by atoms with Gasteiger partial charge in [-0.15, -0.1) is 0 Å². The van der Waals surface area contributed by atoms with Crippen LogP contribution >= 0.6 is 0 Å². The first-order valence-electron chi connectivity index (χ1n) is 11.3. The summed E-state index contributed by atoms with van der Waals surface area (Å²) in [5.41, 5.74) is 2.16. The van der Waals surface area contributed by atoms with E-state index in [2.05, 4.69) is 16.7 Å². The number of alkyl carbamates (subject to hydrolysis) is 1. The number of rotatable bonds is 8. The summed E-state index contributed by atoms with van der Waals surface area (Å²) >= 11 is 0. The lowest BCUT2D eigenvalue weighted by molar-refractivity contribution is -0.139. The Morgan fingerprint density at radius 1 is 1.06 bits per heavy atom. The molecule has 0 saturated heterocycles. The molecular formula is C27H33N3O5. The maximum absolute atomic E-state index is 13.5. The summed E-state index contributed by atoms with van der Waals surface area (Å²) in [6, 6.07) is 14.5. The topological polar surface area (TPSA) is 108 Å². The van der Waals surface area contributed by atoms with Gasteiger partial charge in [0.2, 0.25) is 5.91 Å². The zero-order chi connectivity index (χ0) is 26.2. The Labute approximate surface area is 206 Å². The Balaban J connectivity index is 2.40. The largest absolute Gasteiger partial charge is 0.444 e. The van der Waals surface area contributed by atoms with Gasteiger partial charge >= 0.3 is 6.09 Å². The van der Waals surface area contributed by atoms with E-state index in [0.29, 0.717) is 5.56 Å². The van der Waals surface area contributed by atoms with Gasteiger partial charge in [-0.1, -0.05) is 55.0 Å². The molecule has 0 aliphatic rings. The molecule has 0 fully saturated rings. The quantitative estimate of drug-likeness (QED) is 0.399. The molecule has 2 rings (SSSR count). The molecule has 2 unspecified atom stereocenters. The number of amides is 3. The number of nitrogens with one attached hydrogen (secondary N) is 2. The Hall–Kier alpha value is -3.83. The van der Waals surface area contributed by atoms with Crippen molar-refractivity contribution >= 4 is 17.9 Å². The third-order valence-corrected chi connectivity index (χ3v) is 5.18. The average molecular weight is 480 g/mol. The molecule has 0 aliphatic carbocycles. The molecule has 0 spiro atoms. The van der Waals surface area contributed by atoms with Crippen molar-refractivity contribution in [1.82, 2.24) is 15.5 Å². The van der Waals surface area contributed by atoms with Crippen LogP contribution in [-0.2, 0) is 20.9 Å². The summed E-state index contributed by atoms with van der Waals surface area (Å²) in [6.45, 7) is 8.15. The van der Waals surface area contributed by atoms with Crippen LogP contribution in [0.3, 0.4) is 0 Å². The fourth-order valence-corrected chi connectivity index (χ4v) is 3.59. The first-order chi connectivity index (χ1) is 16.5. The third kappa shape index (κ3) is 7.59. The van der Waals surface area contributed by atoms with Crippen molar-refractivity contribution in [3.05, 3.63) is 70.8 Å². The van der Waals surface area contributed by atoms with Crippen LogP contribution in [0, 0.1) is 26.3 Å². The van der Waals surface area contributed by atoms with Gasteiger partial charge < -0.3 is 20.5 Å². The van der Waals surface area contributed by atoms with Gasteiger partial charge in [0, 0.05) is 12.6 Å². The number of aliphatic hydroxyl groups is 1. The van der Waals surface area contributed by atoms with E-state index in [-0.39, 0.29) is 6.54 Å². The number of hydrogen-bond acceptors (Lipinski definition) is 5. The Bertz CT molecular complexity index is 1070. The van der Waals surface area contributed by atoms with Gasteiger partial charge in [0.25, 0.3) is 5.91 Å². The molecule has 8 nitrogen and oxygen atoms in total. The number of benzene rings is 2. The maximum Gasteiger partial charge on any atom is 0.408 e. The van der Waals surface area contributed by atoms with E-state index < -0.39 is 42.2 Å². The van der Waals surface area contributed by atoms with Crippen LogP contribution in [0.1, 0.15) is 49.1 Å². The first-order valence-corrected chi connectivity index (χ1v) is 11.3. The van der Waals surface area contributed by atoms with Gasteiger partial charge in [0.05, 0.1) is 6.61 Å². The van der Waals surface area contributed by atoms with Gasteiger partial charge in [-0.3, -0.25) is 14.5 Å². The molecule has 0 heterocycles. The number of carbonyl (C=O) groups excluding carboxylic acids is 3. The number of aryl methyl sites for hydroxylation is 2. The highest BCUT2D eigenvalue weighted by Crippen LogP contribution is 2.28. The zero-order valence-electron chi connectivity index (χ0n) is 20.8. The molecule has 8 heteroatoms. The van der Waals surface area contributed by atoms with Gasteiger partial charge in [0.15, 0.2) is 0 Å². The number of terminal acetylenes is 1. The molecule has 3 N–H and O–H groups in total. The van der Waals surface area contributed by atoms with Crippen LogP contribution in [0.15, 0.2) is 48.5 Å². The van der Waals surface area contributed by atoms with Crippen LogP contribution in [0.25, 0.3) is 0 Å². The summed E-state index contributed by atoms with van der Waals surface area (Å²) in [5, 5.41) is 15.0. The fraction of sp³-hybridized carbons (Fsp3) is 0.370. The normalized spacial score (nSPS) is 12.6. The molecule has 0 bridgehead atoms. The van der Waals surface area contributed by atoms with Crippen molar-refractivity contribution in [2.24, 2.45) is 0 Å². The molecule has 186 valence electrons. The van der Waals surface area contributed by atoms with Crippen molar-refractivity contribution in [2.75, 3.05) is 6.61 Å². The molecule has 2 aromatic rings. The average Bonchev–Trinajstić information content (AvgIpc) is 2.79. The Kier molecular flexibility index (Phi) is 9.43. The maximum atomic E-state index is 13.5. The minimum Gasteiger partial charge on any atom is -0.444 e. The zero-order valence-corrected chi connectivity index (χ0v) is 20.8. The van der Waals surface area contributed by atoms with E-state index in [1.54, 1.807) is 20.8 Å². The highest BCUT2D eigenvalue weighted by molar-refractivity contribution is 5.93. The lowest BCUT2D eigenvalue weighted by atomic mass is 9.94. The molecule has 2 aromatic carbocycles. The number of hydrogen-bond donors (Lipinski definition) is 3. The molecule has 0 aliphatic heterocycles. The number of carbonyl (C=O) groups is 3. The number of aliphatic hydroxyl groups excluding tert-OH is 1. The van der Waals surface area contributed by atoms with Gasteiger partial charge in [-0.2, -0.15) is 0 Å². The molecule has 0 aromatic heterocycles. The molecule has 3 amide bonds. The van der Waals surface area contributed by atoms with Crippen LogP contribution in [0.4, 0.5) is 4.79 Å². The van der Waals surface area contributed by atoms with Crippen molar-refractivity contribution in [3.63, 3.8) is 0 Å². The van der Waals surface area contributed by atoms with Crippen molar-refractivity contribution in [1.29, 1.82) is 0 Å². The predicted octanol–water partition coefficient (Wildman–Crippen LogP) is 2.97. The van der Waals surface area contributed by atoms with E-state index in [4.69, 9.17) is 11.2 Å². The summed E-state index contributed by atoms with van der Waals surface area (Å²) in [5.74, 6) is -1.31. The number of ether oxygens (including phenoxy) is 1. The summed E-state index contributed by atoms with van der Waals surface area (Å²) in [6.07, 6.45) is 4.84. The van der Waals surface area contributed by atoms with Crippen LogP contribution in [-0.4, -0.2) is 46.2 Å². The fourth-order valence-electron chi connectivity index (χ4n) is 3.59. The van der Waals surface area contributed by atoms with Crippen molar-refractivity contribution < 1.29 is 24.2 Å². The SMILES string of the molecule is C#CN(C(=O)C(CO)NC(=O)OC(C)(C)C)C(C(=O)NCc1ccccc1)c1c(C)cccc1C. The molecule has 35 heavy (non-hydrogen) atoms. The molecule has 0 saturated carbocycles. The van der Waals surface area contributed by atoms with E-state index in [9.17, 15) is 19.5 Å². The molecular weight excluding hydrogens is 446 g/mol. The first kappa shape index (κ1) is 27.4. The van der Waals surface area contributed by atoms with E-state index in [1.807, 2.05) is 62.4 Å². The van der Waals surface area contributed by atoms with Crippen LogP contribution in [0.5, 0.6) is 0 Å². The molecule has 2 atom stereocenters. The lowest BCUT2D eigenvalue weighted by Gasteiger charge is -2.31. The summed E-state index contributed by atoms with van der Waals surface area (Å²) in [4.78, 5) is 40.0. The van der Waals surface area contributed by atoms with Gasteiger partial charge in [-0.25, -0.2) is 4.79 Å².